The van der Waals surface area contributed by atoms with Crippen LogP contribution in [0.4, 0.5) is 0 Å². The quantitative estimate of drug-likeness (QED) is 0.444. The van der Waals surface area contributed by atoms with Crippen molar-refractivity contribution in [3.05, 3.63) is 6.92 Å². The average molecular weight is 261 g/mol. The van der Waals surface area contributed by atoms with Gasteiger partial charge in [0.1, 0.15) is 0 Å². The van der Waals surface area contributed by atoms with E-state index < -0.39 is 5.91 Å². The summed E-state index contributed by atoms with van der Waals surface area (Å²) in [7, 11) is 0. The number of hydrazone groups is 1. The van der Waals surface area contributed by atoms with Crippen LogP contribution in [0.3, 0.4) is 0 Å². The summed E-state index contributed by atoms with van der Waals surface area (Å²) in [4.78, 5) is 20.4. The average Bonchev–Trinajstić information content (AvgIpc) is 1.85. The molecule has 0 spiro atoms. The molecule has 1 amide bonds. The molecule has 6 heteroatoms. The maximum Gasteiger partial charge on any atom is 0.183 e. The van der Waals surface area contributed by atoms with E-state index in [4.69, 9.17) is 0 Å². The van der Waals surface area contributed by atoms with Gasteiger partial charge in [0.25, 0.3) is 0 Å². The number of hydrogen-bond donors (Lipinski definition) is 1. The van der Waals surface area contributed by atoms with E-state index in [1.54, 1.807) is 0 Å². The molecule has 0 aromatic rings. The van der Waals surface area contributed by atoms with Crippen LogP contribution in [0.15, 0.2) is 5.10 Å². The van der Waals surface area contributed by atoms with Crippen LogP contribution in [-0.4, -0.2) is 23.0 Å². The molecule has 1 radical (unpaired) electrons. The Morgan fingerprint density at radius 3 is 2.67 bits per heavy atom. The first-order valence-electron chi connectivity index (χ1n) is 2.81. The van der Waals surface area contributed by atoms with Crippen LogP contribution in [0.25, 0.3) is 0 Å². The molecule has 65 valence electrons. The van der Waals surface area contributed by atoms with Crippen molar-refractivity contribution in [2.45, 2.75) is 6.92 Å². The number of hydrogen-bond acceptors (Lipinski definition) is 4. The molecule has 4 nitrogen and oxygen atoms in total. The fourth-order valence-electron chi connectivity index (χ4n) is 0.268. The van der Waals surface area contributed by atoms with E-state index in [9.17, 15) is 9.59 Å². The Bertz CT molecular complexity index is 184. The Morgan fingerprint density at radius 2 is 2.25 bits per heavy atom. The van der Waals surface area contributed by atoms with Gasteiger partial charge in [0, 0.05) is 39.6 Å². The summed E-state index contributed by atoms with van der Waals surface area (Å²) >= 11 is 1.07. The Morgan fingerprint density at radius 1 is 1.67 bits per heavy atom. The first kappa shape index (κ1) is 14.6. The number of carbonyl (C=O) groups excluding carboxylic acids is 2. The molecule has 0 atom stereocenters. The summed E-state index contributed by atoms with van der Waals surface area (Å²) in [5, 5.41) is 3.35. The van der Waals surface area contributed by atoms with Gasteiger partial charge in [-0.3, -0.25) is 4.79 Å². The van der Waals surface area contributed by atoms with Crippen LogP contribution < -0.4 is 5.43 Å². The van der Waals surface area contributed by atoms with Gasteiger partial charge >= 0.3 is 0 Å². The maximum atomic E-state index is 10.3. The molecule has 0 saturated heterocycles. The molecule has 0 bridgehead atoms. The van der Waals surface area contributed by atoms with Gasteiger partial charge in [0.05, 0.1) is 5.91 Å². The molecule has 0 fully saturated rings. The number of nitrogens with zero attached hydrogens (tertiary/aromatic N) is 1. The third kappa shape index (κ3) is 12.8. The zero-order valence-corrected chi connectivity index (χ0v) is 10.3. The monoisotopic (exact) mass is 261 g/mol. The molecule has 0 aliphatic heterocycles. The fourth-order valence-corrected chi connectivity index (χ4v) is 0.600. The molecule has 0 unspecified atom stereocenters. The second kappa shape index (κ2) is 9.22. The van der Waals surface area contributed by atoms with Crippen LogP contribution in [0.1, 0.15) is 6.92 Å². The molecule has 12 heavy (non-hydrogen) atoms. The predicted octanol–water partition coefficient (Wildman–Crippen LogP) is 0.0767. The molecule has 0 aromatic carbocycles. The first-order chi connectivity index (χ1) is 5.13. The van der Waals surface area contributed by atoms with Crippen molar-refractivity contribution in [2.24, 2.45) is 5.10 Å². The number of thioether (sulfide) groups is 1. The summed E-state index contributed by atoms with van der Waals surface area (Å²) in [5.74, 6) is -0.152. The van der Waals surface area contributed by atoms with Gasteiger partial charge in [-0.05, 0) is 0 Å². The van der Waals surface area contributed by atoms with Gasteiger partial charge in [0.15, 0.2) is 5.12 Å². The Hall–Kier alpha value is 0.134. The largest absolute Gasteiger partial charge is 0.399 e. The molecule has 0 aromatic heterocycles. The molecule has 0 aliphatic rings. The molecule has 0 aliphatic carbocycles. The van der Waals surface area contributed by atoms with E-state index in [-0.39, 0.29) is 37.8 Å². The van der Waals surface area contributed by atoms with Crippen LogP contribution in [0, 0.1) is 6.92 Å². The number of carbonyl (C=O) groups is 2. The standard InChI is InChI=1S/C6H8N2O2S.Y/c1-5(9)8-7-3-4-11-6(2)10;/h1,4H2,2H3,(H,8,9);/q-2;. The Kier molecular flexibility index (Phi) is 11.3. The van der Waals surface area contributed by atoms with Crippen molar-refractivity contribution in [2.75, 3.05) is 5.75 Å². The van der Waals surface area contributed by atoms with Gasteiger partial charge in [-0.1, -0.05) is 0 Å². The topological polar surface area (TPSA) is 58.5 Å². The molecule has 1 N–H and O–H groups in total. The smallest absolute Gasteiger partial charge is 0.183 e. The van der Waals surface area contributed by atoms with Gasteiger partial charge in [-0.15, -0.1) is 17.5 Å². The number of nitrogens with one attached hydrogen (secondary N) is 1. The molecular formula is C6H8N2O2SY-2. The van der Waals surface area contributed by atoms with Crippen molar-refractivity contribution in [3.8, 4) is 0 Å². The van der Waals surface area contributed by atoms with Crippen LogP contribution in [0.5, 0.6) is 0 Å². The first-order valence-corrected chi connectivity index (χ1v) is 3.79. The minimum Gasteiger partial charge on any atom is -0.399 e. The van der Waals surface area contributed by atoms with Crippen LogP contribution in [0.2, 0.25) is 0 Å². The fraction of sp³-hybridized carbons (Fsp3) is 0.333. The van der Waals surface area contributed by atoms with Gasteiger partial charge in [-0.2, -0.15) is 0 Å². The SMILES string of the molecule is [CH2-]C(=O)NN=[C-]CSC(C)=O.[Y]. The van der Waals surface area contributed by atoms with Crippen molar-refractivity contribution < 1.29 is 42.3 Å². The summed E-state index contributed by atoms with van der Waals surface area (Å²) in [6, 6.07) is 0. The third-order valence-corrected chi connectivity index (χ3v) is 1.28. The van der Waals surface area contributed by atoms with E-state index in [0.717, 1.165) is 11.8 Å². The zero-order valence-electron chi connectivity index (χ0n) is 6.66. The van der Waals surface area contributed by atoms with E-state index in [1.165, 1.54) is 6.92 Å². The van der Waals surface area contributed by atoms with Crippen LogP contribution in [-0.2, 0) is 42.3 Å². The van der Waals surface area contributed by atoms with Crippen molar-refractivity contribution in [1.29, 1.82) is 0 Å². The van der Waals surface area contributed by atoms with E-state index in [1.807, 2.05) is 0 Å². The zero-order chi connectivity index (χ0) is 8.69. The van der Waals surface area contributed by atoms with Crippen molar-refractivity contribution in [3.63, 3.8) is 0 Å². The number of amides is 1. The molecule has 0 rings (SSSR count). The van der Waals surface area contributed by atoms with Crippen LogP contribution >= 0.6 is 11.8 Å². The Labute approximate surface area is 101 Å². The van der Waals surface area contributed by atoms with Gasteiger partial charge < -0.3 is 28.5 Å². The molecule has 0 saturated carbocycles. The van der Waals surface area contributed by atoms with E-state index >= 15 is 0 Å². The van der Waals surface area contributed by atoms with E-state index in [2.05, 4.69) is 23.7 Å². The van der Waals surface area contributed by atoms with Gasteiger partial charge in [-0.25, -0.2) is 0 Å². The third-order valence-electron chi connectivity index (χ3n) is 0.600. The maximum absolute atomic E-state index is 10.3. The second-order valence-corrected chi connectivity index (χ2v) is 2.74. The number of rotatable bonds is 3. The molecular weight excluding hydrogens is 253 g/mol. The summed E-state index contributed by atoms with van der Waals surface area (Å²) in [6.45, 7) is 4.46. The summed E-state index contributed by atoms with van der Waals surface area (Å²) in [6.07, 6.45) is 2.44. The minimum atomic E-state index is -0.495. The molecule has 0 heterocycles. The second-order valence-electron chi connectivity index (χ2n) is 1.59. The van der Waals surface area contributed by atoms with Crippen molar-refractivity contribution in [1.82, 2.24) is 5.43 Å². The van der Waals surface area contributed by atoms with Gasteiger partial charge in [0.2, 0.25) is 0 Å². The normalized spacial score (nSPS) is 9.08. The predicted molar refractivity (Wildman–Crippen MR) is 44.1 cm³/mol. The summed E-state index contributed by atoms with van der Waals surface area (Å²) < 4.78 is 0. The van der Waals surface area contributed by atoms with E-state index in [0.29, 0.717) is 5.75 Å². The Balaban J connectivity index is 0. The van der Waals surface area contributed by atoms with Crippen molar-refractivity contribution >= 4 is 29.0 Å². The summed E-state index contributed by atoms with van der Waals surface area (Å²) in [5.41, 5.74) is 2.06. The minimum absolute atomic E-state index is 0.